The fourth-order valence-corrected chi connectivity index (χ4v) is 4.61. The molecule has 2 unspecified atom stereocenters. The van der Waals surface area contributed by atoms with Crippen molar-refractivity contribution < 1.29 is 31.3 Å². The first-order chi connectivity index (χ1) is 14.3. The molecule has 4 rings (SSSR count). The van der Waals surface area contributed by atoms with Crippen molar-refractivity contribution in [2.24, 2.45) is 5.92 Å². The number of amides is 1. The molecule has 2 aliphatic rings. The van der Waals surface area contributed by atoms with E-state index in [-0.39, 0.29) is 27.5 Å². The first-order valence-electron chi connectivity index (χ1n) is 9.80. The predicted molar refractivity (Wildman–Crippen MR) is 105 cm³/mol. The third-order valence-electron chi connectivity index (χ3n) is 6.03. The van der Waals surface area contributed by atoms with Crippen LogP contribution in [0, 0.1) is 12.8 Å². The van der Waals surface area contributed by atoms with Crippen LogP contribution in [0.4, 0.5) is 8.78 Å². The fraction of sp³-hybridized carbons (Fsp3) is 0.550. The zero-order chi connectivity index (χ0) is 22.8. The highest BCUT2D eigenvalue weighted by Gasteiger charge is 2.64. The summed E-state index contributed by atoms with van der Waals surface area (Å²) in [5.74, 6) is -2.58. The summed E-state index contributed by atoms with van der Waals surface area (Å²) in [6.45, 7) is 4.35. The Morgan fingerprint density at radius 1 is 1.42 bits per heavy atom. The molecule has 1 aromatic carbocycles. The molecule has 1 amide bonds. The van der Waals surface area contributed by atoms with Gasteiger partial charge in [0, 0.05) is 33.2 Å². The number of piperidine rings is 1. The monoisotopic (exact) mass is 455 g/mol. The average molecular weight is 455 g/mol. The van der Waals surface area contributed by atoms with Crippen LogP contribution in [-0.4, -0.2) is 60.7 Å². The second-order valence-corrected chi connectivity index (χ2v) is 10.5. The number of benzene rings is 1. The Morgan fingerprint density at radius 2 is 2.13 bits per heavy atom. The molecule has 1 saturated heterocycles. The molecule has 0 spiro atoms. The van der Waals surface area contributed by atoms with E-state index in [0.717, 1.165) is 12.7 Å². The smallest absolute Gasteiger partial charge is 0.281 e. The Bertz CT molecular complexity index is 1140. The molecule has 1 aliphatic heterocycles. The summed E-state index contributed by atoms with van der Waals surface area (Å²) in [6, 6.07) is 3.68. The normalized spacial score (nSPS) is 24.1. The van der Waals surface area contributed by atoms with Crippen molar-refractivity contribution in [3.8, 4) is 5.75 Å². The van der Waals surface area contributed by atoms with Gasteiger partial charge in [0.25, 0.3) is 11.8 Å². The summed E-state index contributed by atoms with van der Waals surface area (Å²) in [5.41, 5.74) is -0.452. The van der Waals surface area contributed by atoms with E-state index in [2.05, 4.69) is 10.1 Å². The van der Waals surface area contributed by atoms with Crippen LogP contribution in [0.25, 0.3) is 0 Å². The van der Waals surface area contributed by atoms with Gasteiger partial charge in [-0.25, -0.2) is 17.2 Å². The first kappa shape index (κ1) is 21.7. The van der Waals surface area contributed by atoms with Crippen LogP contribution in [0.1, 0.15) is 42.3 Å². The molecule has 0 radical (unpaired) electrons. The lowest BCUT2D eigenvalue weighted by molar-refractivity contribution is -0.0720. The highest BCUT2D eigenvalue weighted by atomic mass is 32.2. The number of carbonyl (C=O) groups is 1. The van der Waals surface area contributed by atoms with Crippen molar-refractivity contribution in [2.75, 3.05) is 19.3 Å². The van der Waals surface area contributed by atoms with Gasteiger partial charge in [-0.1, -0.05) is 5.16 Å². The van der Waals surface area contributed by atoms with Gasteiger partial charge in [-0.2, -0.15) is 4.98 Å². The zero-order valence-electron chi connectivity index (χ0n) is 17.6. The van der Waals surface area contributed by atoms with Gasteiger partial charge in [0.05, 0.1) is 15.9 Å². The Balaban J connectivity index is 1.65. The number of nitrogens with zero attached hydrogens (tertiary/aromatic N) is 3. The minimum Gasteiger partial charge on any atom is -0.484 e. The number of aryl methyl sites for hydroxylation is 1. The zero-order valence-corrected chi connectivity index (χ0v) is 18.4. The number of ether oxygens (including phenoxy) is 1. The third kappa shape index (κ3) is 3.90. The molecule has 8 nitrogen and oxygen atoms in total. The quantitative estimate of drug-likeness (QED) is 0.660. The highest BCUT2D eigenvalue weighted by molar-refractivity contribution is 7.90. The maximum atomic E-state index is 13.7. The molecule has 1 aliphatic carbocycles. The minimum atomic E-state index is -3.62. The SMILES string of the molecule is Cc1nc(C23CC2CN(C(=O)c2cc(S(C)(=O)=O)ccc2O[C@@H](C)C(C)(F)F)C3)no1. The number of rotatable bonds is 6. The van der Waals surface area contributed by atoms with Crippen molar-refractivity contribution in [1.82, 2.24) is 15.0 Å². The minimum absolute atomic E-state index is 0.0697. The lowest BCUT2D eigenvalue weighted by atomic mass is 10.1. The predicted octanol–water partition coefficient (Wildman–Crippen LogP) is 2.62. The van der Waals surface area contributed by atoms with Gasteiger partial charge in [0.15, 0.2) is 21.8 Å². The van der Waals surface area contributed by atoms with E-state index in [1.165, 1.54) is 25.1 Å². The van der Waals surface area contributed by atoms with Crippen LogP contribution in [0.15, 0.2) is 27.6 Å². The number of likely N-dealkylation sites (tertiary alicyclic amines) is 1. The van der Waals surface area contributed by atoms with E-state index in [4.69, 9.17) is 9.26 Å². The molecule has 11 heteroatoms. The summed E-state index contributed by atoms with van der Waals surface area (Å²) in [5, 5.41) is 4.00. The van der Waals surface area contributed by atoms with Gasteiger partial charge in [-0.05, 0) is 37.5 Å². The average Bonchev–Trinajstić information content (AvgIpc) is 2.99. The van der Waals surface area contributed by atoms with E-state index in [9.17, 15) is 22.0 Å². The first-order valence-corrected chi connectivity index (χ1v) is 11.7. The van der Waals surface area contributed by atoms with E-state index < -0.39 is 27.8 Å². The molecule has 2 fully saturated rings. The van der Waals surface area contributed by atoms with Gasteiger partial charge in [-0.15, -0.1) is 0 Å². The second-order valence-electron chi connectivity index (χ2n) is 8.53. The van der Waals surface area contributed by atoms with Crippen LogP contribution in [-0.2, 0) is 15.3 Å². The summed E-state index contributed by atoms with van der Waals surface area (Å²) < 4.78 is 61.8. The molecule has 2 heterocycles. The molecule has 0 N–H and O–H groups in total. The molecule has 3 atom stereocenters. The number of sulfone groups is 1. The van der Waals surface area contributed by atoms with Crippen molar-refractivity contribution in [2.45, 2.75) is 49.5 Å². The van der Waals surface area contributed by atoms with E-state index in [0.29, 0.717) is 31.7 Å². The van der Waals surface area contributed by atoms with Gasteiger partial charge < -0.3 is 14.2 Å². The number of hydrogen-bond donors (Lipinski definition) is 0. The van der Waals surface area contributed by atoms with Gasteiger partial charge in [0.1, 0.15) is 5.75 Å². The van der Waals surface area contributed by atoms with Crippen LogP contribution >= 0.6 is 0 Å². The van der Waals surface area contributed by atoms with Crippen LogP contribution < -0.4 is 4.74 Å². The molecule has 0 bridgehead atoms. The standard InChI is InChI=1S/C20H23F2N3O5S/c1-11(19(3,21)22)29-16-6-5-14(31(4,27)28)7-15(16)17(26)25-9-13-8-20(13,10-25)18-23-12(2)30-24-18/h5-7,11,13H,8-10H2,1-4H3/t11-,13?,20?/m0/s1. The largest absolute Gasteiger partial charge is 0.484 e. The van der Waals surface area contributed by atoms with Crippen molar-refractivity contribution in [1.29, 1.82) is 0 Å². The number of aromatic nitrogens is 2. The van der Waals surface area contributed by atoms with Crippen LogP contribution in [0.5, 0.6) is 5.75 Å². The number of halogens is 2. The third-order valence-corrected chi connectivity index (χ3v) is 7.14. The molecule has 1 saturated carbocycles. The molecule has 2 aromatic rings. The lowest BCUT2D eigenvalue weighted by Crippen LogP contribution is -2.35. The highest BCUT2D eigenvalue weighted by Crippen LogP contribution is 2.58. The molecular formula is C20H23F2N3O5S. The Morgan fingerprint density at radius 3 is 2.71 bits per heavy atom. The van der Waals surface area contributed by atoms with Crippen LogP contribution in [0.2, 0.25) is 0 Å². The number of alkyl halides is 2. The maximum absolute atomic E-state index is 13.7. The summed E-state index contributed by atoms with van der Waals surface area (Å²) in [4.78, 5) is 19.1. The van der Waals surface area contributed by atoms with Gasteiger partial charge in [0.2, 0.25) is 5.89 Å². The molecular weight excluding hydrogens is 432 g/mol. The second kappa shape index (κ2) is 6.98. The van der Waals surface area contributed by atoms with Crippen molar-refractivity contribution in [3.05, 3.63) is 35.5 Å². The topological polar surface area (TPSA) is 103 Å². The summed E-state index contributed by atoms with van der Waals surface area (Å²) >= 11 is 0. The molecule has 1 aromatic heterocycles. The Kier molecular flexibility index (Phi) is 4.87. The van der Waals surface area contributed by atoms with Crippen LogP contribution in [0.3, 0.4) is 0 Å². The number of hydrogen-bond acceptors (Lipinski definition) is 7. The number of carbonyl (C=O) groups excluding carboxylic acids is 1. The lowest BCUT2D eigenvalue weighted by Gasteiger charge is -2.25. The fourth-order valence-electron chi connectivity index (χ4n) is 3.96. The summed E-state index contributed by atoms with van der Waals surface area (Å²) in [7, 11) is -3.62. The Hall–Kier alpha value is -2.56. The van der Waals surface area contributed by atoms with E-state index in [1.807, 2.05) is 0 Å². The van der Waals surface area contributed by atoms with E-state index in [1.54, 1.807) is 11.8 Å². The number of fused-ring (bicyclic) bond motifs is 1. The maximum Gasteiger partial charge on any atom is 0.281 e. The van der Waals surface area contributed by atoms with Crippen molar-refractivity contribution >= 4 is 15.7 Å². The van der Waals surface area contributed by atoms with Gasteiger partial charge >= 0.3 is 0 Å². The molecule has 168 valence electrons. The van der Waals surface area contributed by atoms with Crippen molar-refractivity contribution in [3.63, 3.8) is 0 Å². The van der Waals surface area contributed by atoms with Gasteiger partial charge in [-0.3, -0.25) is 4.79 Å². The molecule has 31 heavy (non-hydrogen) atoms. The summed E-state index contributed by atoms with van der Waals surface area (Å²) in [6.07, 6.45) is 0.323. The Labute approximate surface area is 178 Å². The van der Waals surface area contributed by atoms with E-state index >= 15 is 0 Å².